The maximum absolute atomic E-state index is 10.1. The first kappa shape index (κ1) is 11.0. The Kier molecular flexibility index (Phi) is 2.94. The third-order valence-electron chi connectivity index (χ3n) is 4.19. The van der Waals surface area contributed by atoms with Gasteiger partial charge in [-0.05, 0) is 43.4 Å². The summed E-state index contributed by atoms with van der Waals surface area (Å²) in [5.74, 6) is 2.54. The van der Waals surface area contributed by atoms with Gasteiger partial charge in [-0.1, -0.05) is 18.0 Å². The Hall–Kier alpha value is -0.120. The molecule has 0 saturated heterocycles. The second-order valence-corrected chi connectivity index (χ2v) is 6.88. The van der Waals surface area contributed by atoms with Crippen LogP contribution < -0.4 is 0 Å². The molecule has 0 radical (unpaired) electrons. The average Bonchev–Trinajstić information content (AvgIpc) is 2.92. The molecule has 2 fully saturated rings. The molecule has 1 aromatic rings. The van der Waals surface area contributed by atoms with Gasteiger partial charge in [0.1, 0.15) is 15.4 Å². The maximum atomic E-state index is 10.1. The number of nitrogens with zero attached hydrogens (tertiary/aromatic N) is 1. The number of halogens is 1. The Morgan fingerprint density at radius 3 is 2.94 bits per heavy atom. The van der Waals surface area contributed by atoms with E-state index in [4.69, 9.17) is 11.6 Å². The van der Waals surface area contributed by atoms with Crippen LogP contribution in [-0.4, -0.2) is 10.1 Å². The molecule has 4 heteroatoms. The third kappa shape index (κ3) is 2.01. The molecule has 1 N–H and O–H groups in total. The van der Waals surface area contributed by atoms with Crippen LogP contribution in [0.5, 0.6) is 0 Å². The van der Waals surface area contributed by atoms with Crippen LogP contribution in [-0.2, 0) is 0 Å². The lowest BCUT2D eigenvalue weighted by Crippen LogP contribution is -2.14. The van der Waals surface area contributed by atoms with Gasteiger partial charge in [-0.25, -0.2) is 4.98 Å². The lowest BCUT2D eigenvalue weighted by atomic mass is 9.85. The largest absolute Gasteiger partial charge is 0.386 e. The molecular weight excluding hydrogens is 242 g/mol. The highest BCUT2D eigenvalue weighted by Crippen LogP contribution is 2.51. The molecule has 0 aliphatic heterocycles. The van der Waals surface area contributed by atoms with Crippen LogP contribution in [0.4, 0.5) is 0 Å². The van der Waals surface area contributed by atoms with E-state index >= 15 is 0 Å². The number of fused-ring (bicyclic) bond motifs is 2. The second-order valence-electron chi connectivity index (χ2n) is 5.19. The van der Waals surface area contributed by atoms with E-state index in [2.05, 4.69) is 4.98 Å². The summed E-state index contributed by atoms with van der Waals surface area (Å²) in [5, 5.41) is 10.9. The van der Waals surface area contributed by atoms with Crippen molar-refractivity contribution in [2.75, 3.05) is 0 Å². The highest BCUT2D eigenvalue weighted by atomic mass is 35.5. The quantitative estimate of drug-likeness (QED) is 0.897. The fourth-order valence-corrected chi connectivity index (χ4v) is 4.40. The molecule has 0 spiro atoms. The van der Waals surface area contributed by atoms with Gasteiger partial charge in [-0.3, -0.25) is 0 Å². The number of aliphatic hydroxyl groups is 1. The summed E-state index contributed by atoms with van der Waals surface area (Å²) < 4.78 is 0.669. The van der Waals surface area contributed by atoms with E-state index in [-0.39, 0.29) is 0 Å². The van der Waals surface area contributed by atoms with E-state index in [1.165, 1.54) is 37.0 Å². The Labute approximate surface area is 105 Å². The minimum absolute atomic E-state index is 0.401. The van der Waals surface area contributed by atoms with Crippen molar-refractivity contribution >= 4 is 22.9 Å². The predicted molar refractivity (Wildman–Crippen MR) is 65.6 cm³/mol. The number of aliphatic hydroxyl groups excluding tert-OH is 1. The van der Waals surface area contributed by atoms with Crippen LogP contribution in [0.25, 0.3) is 0 Å². The highest BCUT2D eigenvalue weighted by Gasteiger charge is 2.40. The Balaban J connectivity index is 1.62. The third-order valence-corrected chi connectivity index (χ3v) is 5.41. The van der Waals surface area contributed by atoms with Crippen molar-refractivity contribution in [3.05, 3.63) is 15.5 Å². The van der Waals surface area contributed by atoms with Gasteiger partial charge in [-0.2, -0.15) is 0 Å². The number of hydrogen-bond acceptors (Lipinski definition) is 3. The number of aromatic nitrogens is 1. The van der Waals surface area contributed by atoms with Crippen molar-refractivity contribution in [1.82, 2.24) is 4.98 Å². The second kappa shape index (κ2) is 4.28. The van der Waals surface area contributed by atoms with E-state index < -0.39 is 6.10 Å². The summed E-state index contributed by atoms with van der Waals surface area (Å²) >= 11 is 7.23. The molecule has 88 valence electrons. The molecule has 2 aliphatic carbocycles. The van der Waals surface area contributed by atoms with Gasteiger partial charge in [0.2, 0.25) is 0 Å². The fraction of sp³-hybridized carbons (Fsp3) is 0.750. The average molecular weight is 258 g/mol. The predicted octanol–water partition coefficient (Wildman–Crippen LogP) is 3.66. The van der Waals surface area contributed by atoms with Crippen molar-refractivity contribution in [2.24, 2.45) is 17.8 Å². The van der Waals surface area contributed by atoms with E-state index in [0.717, 1.165) is 29.2 Å². The maximum Gasteiger partial charge on any atom is 0.123 e. The summed E-state index contributed by atoms with van der Waals surface area (Å²) in [6, 6.07) is 0. The summed E-state index contributed by atoms with van der Waals surface area (Å²) in [7, 11) is 0. The fourth-order valence-electron chi connectivity index (χ4n) is 3.47. The Morgan fingerprint density at radius 2 is 2.38 bits per heavy atom. The molecule has 2 bridgehead atoms. The van der Waals surface area contributed by atoms with E-state index in [1.54, 1.807) is 6.20 Å². The SMILES string of the molecule is OC(CC1CC2CCC1C2)c1ncc(Cl)s1. The van der Waals surface area contributed by atoms with Crippen LogP contribution in [0.15, 0.2) is 6.20 Å². The van der Waals surface area contributed by atoms with Gasteiger partial charge < -0.3 is 5.11 Å². The number of rotatable bonds is 3. The van der Waals surface area contributed by atoms with Gasteiger partial charge >= 0.3 is 0 Å². The summed E-state index contributed by atoms with van der Waals surface area (Å²) in [4.78, 5) is 4.16. The Bertz CT molecular complexity index is 381. The van der Waals surface area contributed by atoms with Crippen molar-refractivity contribution in [2.45, 2.75) is 38.2 Å². The molecule has 2 nitrogen and oxygen atoms in total. The zero-order valence-electron chi connectivity index (χ0n) is 9.10. The molecular formula is C12H16ClNOS. The van der Waals surface area contributed by atoms with Crippen molar-refractivity contribution in [1.29, 1.82) is 0 Å². The van der Waals surface area contributed by atoms with Gasteiger partial charge in [-0.15, -0.1) is 11.3 Å². The van der Waals surface area contributed by atoms with E-state index in [1.807, 2.05) is 0 Å². The monoisotopic (exact) mass is 257 g/mol. The zero-order chi connectivity index (χ0) is 11.1. The molecule has 16 heavy (non-hydrogen) atoms. The first-order chi connectivity index (χ1) is 7.72. The molecule has 1 heterocycles. The van der Waals surface area contributed by atoms with Crippen LogP contribution in [0.1, 0.15) is 43.2 Å². The molecule has 4 atom stereocenters. The van der Waals surface area contributed by atoms with Crippen molar-refractivity contribution in [3.63, 3.8) is 0 Å². The van der Waals surface area contributed by atoms with Crippen LogP contribution in [0.2, 0.25) is 4.34 Å². The van der Waals surface area contributed by atoms with Gasteiger partial charge in [0.05, 0.1) is 6.20 Å². The lowest BCUT2D eigenvalue weighted by molar-refractivity contribution is 0.125. The first-order valence-electron chi connectivity index (χ1n) is 6.01. The molecule has 2 saturated carbocycles. The van der Waals surface area contributed by atoms with Gasteiger partial charge in [0, 0.05) is 0 Å². The number of hydrogen-bond donors (Lipinski definition) is 1. The zero-order valence-corrected chi connectivity index (χ0v) is 10.7. The normalized spacial score (nSPS) is 34.5. The van der Waals surface area contributed by atoms with Gasteiger partial charge in [0.15, 0.2) is 0 Å². The topological polar surface area (TPSA) is 33.1 Å². The molecule has 1 aromatic heterocycles. The van der Waals surface area contributed by atoms with Crippen molar-refractivity contribution in [3.8, 4) is 0 Å². The van der Waals surface area contributed by atoms with E-state index in [0.29, 0.717) is 4.34 Å². The van der Waals surface area contributed by atoms with Crippen molar-refractivity contribution < 1.29 is 5.11 Å². The minimum atomic E-state index is -0.401. The Morgan fingerprint density at radius 1 is 1.50 bits per heavy atom. The van der Waals surface area contributed by atoms with E-state index in [9.17, 15) is 5.11 Å². The standard InChI is InChI=1S/C12H16ClNOS/c13-11-6-14-12(16-11)10(15)5-9-4-7-1-2-8(9)3-7/h6-10,15H,1-5H2. The molecule has 2 aliphatic rings. The highest BCUT2D eigenvalue weighted by molar-refractivity contribution is 7.15. The summed E-state index contributed by atoms with van der Waals surface area (Å²) in [5.41, 5.74) is 0. The summed E-state index contributed by atoms with van der Waals surface area (Å²) in [6.07, 6.45) is 7.62. The van der Waals surface area contributed by atoms with Crippen LogP contribution >= 0.6 is 22.9 Å². The van der Waals surface area contributed by atoms with Crippen LogP contribution in [0.3, 0.4) is 0 Å². The number of thiazole rings is 1. The smallest absolute Gasteiger partial charge is 0.123 e. The first-order valence-corrected chi connectivity index (χ1v) is 7.21. The van der Waals surface area contributed by atoms with Gasteiger partial charge in [0.25, 0.3) is 0 Å². The molecule has 4 unspecified atom stereocenters. The minimum Gasteiger partial charge on any atom is -0.386 e. The summed E-state index contributed by atoms with van der Waals surface area (Å²) in [6.45, 7) is 0. The molecule has 3 rings (SSSR count). The lowest BCUT2D eigenvalue weighted by Gasteiger charge is -2.23. The van der Waals surface area contributed by atoms with Crippen LogP contribution in [0, 0.1) is 17.8 Å². The molecule has 0 aromatic carbocycles. The molecule has 0 amide bonds.